The first-order chi connectivity index (χ1) is 12.6. The van der Waals surface area contributed by atoms with E-state index in [0.29, 0.717) is 13.1 Å². The number of rotatable bonds is 8. The topological polar surface area (TPSA) is 59.0 Å². The Morgan fingerprint density at radius 2 is 2.12 bits per heavy atom. The minimum absolute atomic E-state index is 0.690. The molecule has 1 aromatic heterocycles. The lowest BCUT2D eigenvalue weighted by atomic mass is 10.2. The molecule has 7 heteroatoms. The predicted octanol–water partition coefficient (Wildman–Crippen LogP) is 3.11. The maximum absolute atomic E-state index is 5.50. The van der Waals surface area contributed by atoms with Gasteiger partial charge < -0.3 is 19.7 Å². The highest BCUT2D eigenvalue weighted by molar-refractivity contribution is 7.11. The molecule has 0 atom stereocenters. The van der Waals surface area contributed by atoms with E-state index in [0.717, 1.165) is 41.0 Å². The zero-order valence-electron chi connectivity index (χ0n) is 16.2. The Hall–Kier alpha value is -2.28. The first-order valence-electron chi connectivity index (χ1n) is 8.69. The highest BCUT2D eigenvalue weighted by Crippen LogP contribution is 2.25. The van der Waals surface area contributed by atoms with Crippen molar-refractivity contribution in [3.05, 3.63) is 39.8 Å². The molecule has 6 nitrogen and oxygen atoms in total. The number of hydrogen-bond donors (Lipinski definition) is 1. The molecule has 0 spiro atoms. The van der Waals surface area contributed by atoms with Crippen LogP contribution in [0.2, 0.25) is 0 Å². The molecule has 0 aliphatic carbocycles. The smallest absolute Gasteiger partial charge is 0.193 e. The number of methoxy groups -OCH3 is 2. The quantitative estimate of drug-likeness (QED) is 0.567. The van der Waals surface area contributed by atoms with Gasteiger partial charge in [0, 0.05) is 55.8 Å². The predicted molar refractivity (Wildman–Crippen MR) is 108 cm³/mol. The zero-order chi connectivity index (χ0) is 18.9. The van der Waals surface area contributed by atoms with Crippen molar-refractivity contribution in [2.24, 2.45) is 4.99 Å². The number of aliphatic imine (C=N–C) groups is 1. The number of aryl methyl sites for hydroxylation is 1. The summed E-state index contributed by atoms with van der Waals surface area (Å²) in [5.41, 5.74) is 1.08. The van der Waals surface area contributed by atoms with E-state index >= 15 is 0 Å². The lowest BCUT2D eigenvalue weighted by Gasteiger charge is -2.23. The number of ether oxygens (including phenoxy) is 2. The summed E-state index contributed by atoms with van der Waals surface area (Å²) in [6.45, 7) is 6.36. The summed E-state index contributed by atoms with van der Waals surface area (Å²) in [6, 6.07) is 5.87. The van der Waals surface area contributed by atoms with Crippen LogP contribution in [-0.2, 0) is 13.0 Å². The Labute approximate surface area is 159 Å². The summed E-state index contributed by atoms with van der Waals surface area (Å²) in [4.78, 5) is 12.5. The number of nitrogens with zero attached hydrogens (tertiary/aromatic N) is 3. The normalized spacial score (nSPS) is 11.3. The molecular weight excluding hydrogens is 348 g/mol. The minimum Gasteiger partial charge on any atom is -0.497 e. The Bertz CT molecular complexity index is 730. The lowest BCUT2D eigenvalue weighted by molar-refractivity contribution is 0.382. The average Bonchev–Trinajstić information content (AvgIpc) is 3.06. The Kier molecular flexibility index (Phi) is 7.72. The van der Waals surface area contributed by atoms with Crippen LogP contribution in [0, 0.1) is 6.92 Å². The van der Waals surface area contributed by atoms with Crippen molar-refractivity contribution in [2.75, 3.05) is 34.4 Å². The van der Waals surface area contributed by atoms with Crippen molar-refractivity contribution in [1.82, 2.24) is 15.2 Å². The van der Waals surface area contributed by atoms with Gasteiger partial charge >= 0.3 is 0 Å². The monoisotopic (exact) mass is 376 g/mol. The number of aromatic nitrogens is 1. The van der Waals surface area contributed by atoms with Gasteiger partial charge in [0.2, 0.25) is 0 Å². The van der Waals surface area contributed by atoms with Crippen molar-refractivity contribution in [3.8, 4) is 11.5 Å². The largest absolute Gasteiger partial charge is 0.497 e. The molecule has 0 aliphatic heterocycles. The third kappa shape index (κ3) is 5.62. The fourth-order valence-corrected chi connectivity index (χ4v) is 3.33. The van der Waals surface area contributed by atoms with E-state index in [1.54, 1.807) is 25.6 Å². The average molecular weight is 377 g/mol. The van der Waals surface area contributed by atoms with Crippen LogP contribution in [0.25, 0.3) is 0 Å². The molecule has 0 aliphatic rings. The first kappa shape index (κ1) is 20.0. The van der Waals surface area contributed by atoms with Gasteiger partial charge in [0.05, 0.1) is 19.2 Å². The number of nitrogens with one attached hydrogen (secondary N) is 1. The van der Waals surface area contributed by atoms with Crippen LogP contribution < -0.4 is 14.8 Å². The van der Waals surface area contributed by atoms with Gasteiger partial charge in [-0.1, -0.05) is 0 Å². The molecule has 1 heterocycles. The SMILES string of the molecule is CCNC(=NCCc1ncc(C)s1)N(C)Cc1ccc(OC)cc1OC. The molecule has 0 unspecified atom stereocenters. The van der Waals surface area contributed by atoms with Crippen LogP contribution in [0.4, 0.5) is 0 Å². The second kappa shape index (κ2) is 10.0. The number of thiazole rings is 1. The van der Waals surface area contributed by atoms with E-state index in [-0.39, 0.29) is 0 Å². The van der Waals surface area contributed by atoms with Crippen LogP contribution in [0.3, 0.4) is 0 Å². The fraction of sp³-hybridized carbons (Fsp3) is 0.474. The van der Waals surface area contributed by atoms with Crippen molar-refractivity contribution in [1.29, 1.82) is 0 Å². The van der Waals surface area contributed by atoms with Crippen molar-refractivity contribution in [3.63, 3.8) is 0 Å². The van der Waals surface area contributed by atoms with E-state index < -0.39 is 0 Å². The summed E-state index contributed by atoms with van der Waals surface area (Å²) >= 11 is 1.73. The molecule has 1 aromatic carbocycles. The van der Waals surface area contributed by atoms with Crippen LogP contribution in [-0.4, -0.2) is 50.2 Å². The summed E-state index contributed by atoms with van der Waals surface area (Å²) in [5, 5.41) is 4.47. The molecule has 0 bridgehead atoms. The van der Waals surface area contributed by atoms with E-state index in [9.17, 15) is 0 Å². The first-order valence-corrected chi connectivity index (χ1v) is 9.50. The molecular formula is C19H28N4O2S. The molecule has 142 valence electrons. The van der Waals surface area contributed by atoms with Gasteiger partial charge in [-0.05, 0) is 26.0 Å². The molecule has 26 heavy (non-hydrogen) atoms. The van der Waals surface area contributed by atoms with E-state index in [1.165, 1.54) is 4.88 Å². The molecule has 2 rings (SSSR count). The Morgan fingerprint density at radius 3 is 2.73 bits per heavy atom. The maximum atomic E-state index is 5.50. The molecule has 0 radical (unpaired) electrons. The number of benzene rings is 1. The lowest BCUT2D eigenvalue weighted by Crippen LogP contribution is -2.38. The van der Waals surface area contributed by atoms with Gasteiger partial charge in [-0.2, -0.15) is 0 Å². The van der Waals surface area contributed by atoms with Gasteiger partial charge in [-0.15, -0.1) is 11.3 Å². The second-order valence-electron chi connectivity index (χ2n) is 5.88. The molecule has 0 saturated carbocycles. The van der Waals surface area contributed by atoms with E-state index in [1.807, 2.05) is 31.4 Å². The van der Waals surface area contributed by atoms with Gasteiger partial charge in [-0.25, -0.2) is 4.98 Å². The van der Waals surface area contributed by atoms with Gasteiger partial charge in [0.15, 0.2) is 5.96 Å². The van der Waals surface area contributed by atoms with Gasteiger partial charge in [0.25, 0.3) is 0 Å². The fourth-order valence-electron chi connectivity index (χ4n) is 2.56. The van der Waals surface area contributed by atoms with Crippen LogP contribution >= 0.6 is 11.3 Å². The minimum atomic E-state index is 0.690. The third-order valence-electron chi connectivity index (χ3n) is 3.85. The number of hydrogen-bond acceptors (Lipinski definition) is 5. The zero-order valence-corrected chi connectivity index (χ0v) is 17.0. The summed E-state index contributed by atoms with van der Waals surface area (Å²) in [7, 11) is 5.35. The maximum Gasteiger partial charge on any atom is 0.193 e. The van der Waals surface area contributed by atoms with E-state index in [4.69, 9.17) is 14.5 Å². The van der Waals surface area contributed by atoms with Gasteiger partial charge in [0.1, 0.15) is 11.5 Å². The van der Waals surface area contributed by atoms with Crippen LogP contribution in [0.15, 0.2) is 29.4 Å². The molecule has 0 saturated heterocycles. The van der Waals surface area contributed by atoms with Crippen molar-refractivity contribution >= 4 is 17.3 Å². The molecule has 1 N–H and O–H groups in total. The van der Waals surface area contributed by atoms with Crippen molar-refractivity contribution < 1.29 is 9.47 Å². The van der Waals surface area contributed by atoms with E-state index in [2.05, 4.69) is 29.0 Å². The van der Waals surface area contributed by atoms with Crippen LogP contribution in [0.5, 0.6) is 11.5 Å². The van der Waals surface area contributed by atoms with Gasteiger partial charge in [-0.3, -0.25) is 4.99 Å². The highest BCUT2D eigenvalue weighted by Gasteiger charge is 2.11. The van der Waals surface area contributed by atoms with Crippen molar-refractivity contribution in [2.45, 2.75) is 26.8 Å². The summed E-state index contributed by atoms with van der Waals surface area (Å²) < 4.78 is 10.8. The standard InChI is InChI=1S/C19H28N4O2S/c1-6-20-19(21-10-9-18-22-12-14(2)26-18)23(3)13-15-7-8-16(24-4)11-17(15)25-5/h7-8,11-12H,6,9-10,13H2,1-5H3,(H,20,21). The second-order valence-corrected chi connectivity index (χ2v) is 7.20. The summed E-state index contributed by atoms with van der Waals surface area (Å²) in [5.74, 6) is 2.47. The Morgan fingerprint density at radius 1 is 1.31 bits per heavy atom. The Balaban J connectivity index is 2.05. The number of guanidine groups is 1. The molecule has 0 fully saturated rings. The van der Waals surface area contributed by atoms with Crippen LogP contribution in [0.1, 0.15) is 22.4 Å². The highest BCUT2D eigenvalue weighted by atomic mass is 32.1. The third-order valence-corrected chi connectivity index (χ3v) is 4.83. The summed E-state index contributed by atoms with van der Waals surface area (Å²) in [6.07, 6.45) is 2.77. The molecule has 2 aromatic rings. The molecule has 0 amide bonds.